The Hall–Kier alpha value is -1.77. The summed E-state index contributed by atoms with van der Waals surface area (Å²) in [7, 11) is -3.89. The van der Waals surface area contributed by atoms with E-state index in [0.717, 1.165) is 4.47 Å². The van der Waals surface area contributed by atoms with E-state index in [1.807, 2.05) is 0 Å². The van der Waals surface area contributed by atoms with E-state index < -0.39 is 16.6 Å². The lowest BCUT2D eigenvalue weighted by Gasteiger charge is -2.37. The van der Waals surface area contributed by atoms with Crippen LogP contribution in [0.5, 0.6) is 0 Å². The minimum atomic E-state index is -1.95. The summed E-state index contributed by atoms with van der Waals surface area (Å²) in [6, 6.07) is 22.4. The van der Waals surface area contributed by atoms with Crippen molar-refractivity contribution in [1.29, 1.82) is 0 Å². The molecule has 4 aromatic rings. The summed E-state index contributed by atoms with van der Waals surface area (Å²) in [5.41, 5.74) is 6.24. The van der Waals surface area contributed by atoms with Crippen LogP contribution in [0.25, 0.3) is 32.7 Å². The first kappa shape index (κ1) is 31.2. The van der Waals surface area contributed by atoms with Gasteiger partial charge in [-0.25, -0.2) is 0 Å². The fourth-order valence-corrected chi connectivity index (χ4v) is 7.17. The Labute approximate surface area is 252 Å². The second-order valence-corrected chi connectivity index (χ2v) is 24.9. The second-order valence-electron chi connectivity index (χ2n) is 14.4. The molecule has 0 aromatic heterocycles. The molecular formula is C35H47BrO2Si2. The van der Waals surface area contributed by atoms with E-state index in [1.165, 1.54) is 49.4 Å². The highest BCUT2D eigenvalue weighted by Crippen LogP contribution is 2.42. The highest BCUT2D eigenvalue weighted by Gasteiger charge is 2.38. The number of benzene rings is 4. The van der Waals surface area contributed by atoms with Crippen molar-refractivity contribution in [3.05, 3.63) is 81.8 Å². The molecule has 0 heterocycles. The van der Waals surface area contributed by atoms with E-state index in [-0.39, 0.29) is 10.1 Å². The maximum atomic E-state index is 6.89. The van der Waals surface area contributed by atoms with Crippen molar-refractivity contribution in [3.8, 4) is 11.1 Å². The normalized spacial score (nSPS) is 13.4. The molecule has 0 atom stereocenters. The molecule has 4 rings (SSSR count). The summed E-state index contributed by atoms with van der Waals surface area (Å²) < 4.78 is 14.8. The van der Waals surface area contributed by atoms with Gasteiger partial charge >= 0.3 is 0 Å². The molecule has 0 amide bonds. The van der Waals surface area contributed by atoms with Crippen LogP contribution in [-0.4, -0.2) is 16.6 Å². The maximum absolute atomic E-state index is 6.89. The average Bonchev–Trinajstić information content (AvgIpc) is 2.83. The SMILES string of the molecule is Cc1cc(Br)cc(-c2ccc3c(CO[Si](C)(C)C(C)(C)C)c4ccccc4c(CO[Si](C)(C)C(C)(C)C)c3c2)c1. The Kier molecular flexibility index (Phi) is 8.68. The molecule has 40 heavy (non-hydrogen) atoms. The van der Waals surface area contributed by atoms with Gasteiger partial charge in [-0.05, 0) is 111 Å². The molecule has 0 spiro atoms. The molecule has 4 aromatic carbocycles. The van der Waals surface area contributed by atoms with Gasteiger partial charge < -0.3 is 8.85 Å². The molecule has 5 heteroatoms. The molecule has 0 aliphatic rings. The van der Waals surface area contributed by atoms with Gasteiger partial charge in [-0.2, -0.15) is 0 Å². The summed E-state index contributed by atoms with van der Waals surface area (Å²) in [4.78, 5) is 0. The standard InChI is InChI=1S/C35H47BrO2Si2/c1-24-18-26(20-27(36)19-24)25-16-17-30-31(21-25)33(23-38-40(10,11)35(5,6)7)29-15-13-12-14-28(29)32(30)22-37-39(8,9)34(2,3)4/h12-21H,22-23H2,1-11H3. The molecule has 0 saturated heterocycles. The molecule has 0 fully saturated rings. The number of rotatable bonds is 7. The van der Waals surface area contributed by atoms with Gasteiger partial charge in [0.2, 0.25) is 0 Å². The molecule has 0 saturated carbocycles. The topological polar surface area (TPSA) is 18.5 Å². The summed E-state index contributed by atoms with van der Waals surface area (Å²) in [5.74, 6) is 0. The van der Waals surface area contributed by atoms with Gasteiger partial charge in [0, 0.05) is 4.47 Å². The van der Waals surface area contributed by atoms with Crippen molar-refractivity contribution in [2.45, 2.75) is 97.9 Å². The quantitative estimate of drug-likeness (QED) is 0.149. The summed E-state index contributed by atoms with van der Waals surface area (Å²) in [6.07, 6.45) is 0. The number of hydrogen-bond donors (Lipinski definition) is 0. The summed E-state index contributed by atoms with van der Waals surface area (Å²) >= 11 is 3.71. The fourth-order valence-electron chi connectivity index (χ4n) is 4.69. The van der Waals surface area contributed by atoms with Gasteiger partial charge in [-0.3, -0.25) is 0 Å². The Morgan fingerprint density at radius 1 is 0.600 bits per heavy atom. The van der Waals surface area contributed by atoms with Crippen LogP contribution in [0.3, 0.4) is 0 Å². The number of halogens is 1. The first-order chi connectivity index (χ1) is 18.4. The Morgan fingerprint density at radius 2 is 1.07 bits per heavy atom. The molecule has 214 valence electrons. The average molecular weight is 636 g/mol. The van der Waals surface area contributed by atoms with Gasteiger partial charge in [-0.15, -0.1) is 0 Å². The third-order valence-corrected chi connectivity index (χ3v) is 18.8. The minimum absolute atomic E-state index is 0.147. The van der Waals surface area contributed by atoms with Crippen LogP contribution in [0.15, 0.2) is 65.1 Å². The van der Waals surface area contributed by atoms with Gasteiger partial charge in [0.05, 0.1) is 13.2 Å². The van der Waals surface area contributed by atoms with Crippen LogP contribution in [0.2, 0.25) is 36.3 Å². The van der Waals surface area contributed by atoms with Crippen molar-refractivity contribution in [2.24, 2.45) is 0 Å². The van der Waals surface area contributed by atoms with Crippen LogP contribution in [0.4, 0.5) is 0 Å². The predicted molar refractivity (Wildman–Crippen MR) is 183 cm³/mol. The molecule has 0 unspecified atom stereocenters. The third kappa shape index (κ3) is 6.34. The Bertz CT molecular complexity index is 1520. The van der Waals surface area contributed by atoms with Crippen LogP contribution in [0, 0.1) is 6.92 Å². The predicted octanol–water partition coefficient (Wildman–Crippen LogP) is 11.8. The molecule has 0 bridgehead atoms. The third-order valence-electron chi connectivity index (χ3n) is 9.39. The van der Waals surface area contributed by atoms with E-state index in [0.29, 0.717) is 13.2 Å². The molecular weight excluding hydrogens is 588 g/mol. The van der Waals surface area contributed by atoms with E-state index >= 15 is 0 Å². The van der Waals surface area contributed by atoms with Crippen molar-refractivity contribution in [3.63, 3.8) is 0 Å². The summed E-state index contributed by atoms with van der Waals surface area (Å²) in [5, 5.41) is 5.37. The lowest BCUT2D eigenvalue weighted by atomic mass is 9.90. The zero-order valence-electron chi connectivity index (χ0n) is 26.4. The zero-order valence-corrected chi connectivity index (χ0v) is 30.0. The van der Waals surface area contributed by atoms with Crippen LogP contribution in [-0.2, 0) is 22.1 Å². The van der Waals surface area contributed by atoms with Crippen molar-refractivity contribution in [1.82, 2.24) is 0 Å². The van der Waals surface area contributed by atoms with E-state index in [9.17, 15) is 0 Å². The van der Waals surface area contributed by atoms with E-state index in [2.05, 4.69) is 151 Å². The van der Waals surface area contributed by atoms with Crippen molar-refractivity contribution < 1.29 is 8.85 Å². The molecule has 0 aliphatic carbocycles. The number of hydrogen-bond acceptors (Lipinski definition) is 2. The van der Waals surface area contributed by atoms with Crippen molar-refractivity contribution >= 4 is 54.1 Å². The van der Waals surface area contributed by atoms with E-state index in [4.69, 9.17) is 8.85 Å². The van der Waals surface area contributed by atoms with Gasteiger partial charge in [0.1, 0.15) is 0 Å². The minimum Gasteiger partial charge on any atom is -0.413 e. The largest absolute Gasteiger partial charge is 0.413 e. The maximum Gasteiger partial charge on any atom is 0.192 e. The van der Waals surface area contributed by atoms with Crippen LogP contribution in [0.1, 0.15) is 58.2 Å². The molecule has 0 N–H and O–H groups in total. The highest BCUT2D eigenvalue weighted by molar-refractivity contribution is 9.10. The van der Waals surface area contributed by atoms with Crippen LogP contribution >= 0.6 is 15.9 Å². The van der Waals surface area contributed by atoms with Gasteiger partial charge in [0.15, 0.2) is 16.6 Å². The smallest absolute Gasteiger partial charge is 0.192 e. The number of aryl methyl sites for hydroxylation is 1. The lowest BCUT2D eigenvalue weighted by molar-refractivity contribution is 0.277. The number of fused-ring (bicyclic) bond motifs is 2. The monoisotopic (exact) mass is 634 g/mol. The lowest BCUT2D eigenvalue weighted by Crippen LogP contribution is -2.40. The zero-order chi connectivity index (χ0) is 29.7. The van der Waals surface area contributed by atoms with Crippen LogP contribution < -0.4 is 0 Å². The molecule has 0 radical (unpaired) electrons. The second kappa shape index (κ2) is 11.1. The van der Waals surface area contributed by atoms with E-state index in [1.54, 1.807) is 0 Å². The fraction of sp³-hybridized carbons (Fsp3) is 0.429. The first-order valence-corrected chi connectivity index (χ1v) is 21.0. The first-order valence-electron chi connectivity index (χ1n) is 14.4. The molecule has 0 aliphatic heterocycles. The molecule has 2 nitrogen and oxygen atoms in total. The van der Waals surface area contributed by atoms with Gasteiger partial charge in [0.25, 0.3) is 0 Å². The summed E-state index contributed by atoms with van der Waals surface area (Å²) in [6.45, 7) is 26.6. The highest BCUT2D eigenvalue weighted by atomic mass is 79.9. The van der Waals surface area contributed by atoms with Gasteiger partial charge in [-0.1, -0.05) is 99.9 Å². The Balaban J connectivity index is 1.96. The van der Waals surface area contributed by atoms with Crippen molar-refractivity contribution in [2.75, 3.05) is 0 Å². The Morgan fingerprint density at radius 3 is 1.55 bits per heavy atom.